The van der Waals surface area contributed by atoms with Gasteiger partial charge in [0.15, 0.2) is 0 Å². The summed E-state index contributed by atoms with van der Waals surface area (Å²) < 4.78 is 0. The number of carboxylic acids is 2. The van der Waals surface area contributed by atoms with Gasteiger partial charge in [0.2, 0.25) is 0 Å². The summed E-state index contributed by atoms with van der Waals surface area (Å²) in [7, 11) is 0. The van der Waals surface area contributed by atoms with Crippen molar-refractivity contribution in [2.24, 2.45) is 0 Å². The summed E-state index contributed by atoms with van der Waals surface area (Å²) in [5.74, 6) is -2.25. The number of nitrogens with zero attached hydrogens (tertiary/aromatic N) is 1. The van der Waals surface area contributed by atoms with Crippen LogP contribution in [0.3, 0.4) is 0 Å². The highest BCUT2D eigenvalue weighted by Gasteiger charge is 2.21. The molecular formula is C11H8N2O4. The van der Waals surface area contributed by atoms with Gasteiger partial charge in [0.05, 0.1) is 11.1 Å². The van der Waals surface area contributed by atoms with Crippen molar-refractivity contribution in [3.05, 3.63) is 41.7 Å². The summed E-state index contributed by atoms with van der Waals surface area (Å²) in [6, 6.07) is 4.24. The Balaban J connectivity index is 2.72. The van der Waals surface area contributed by atoms with Gasteiger partial charge in [-0.1, -0.05) is 12.1 Å². The average Bonchev–Trinajstić information content (AvgIpc) is 2.81. The van der Waals surface area contributed by atoms with Crippen LogP contribution >= 0.6 is 0 Å². The van der Waals surface area contributed by atoms with E-state index in [-0.39, 0.29) is 16.7 Å². The van der Waals surface area contributed by atoms with Gasteiger partial charge in [-0.05, 0) is 6.07 Å². The predicted molar refractivity (Wildman–Crippen MR) is 57.9 cm³/mol. The van der Waals surface area contributed by atoms with Crippen LogP contribution in [-0.4, -0.2) is 32.1 Å². The number of hydrogen-bond acceptors (Lipinski definition) is 3. The Labute approximate surface area is 95.6 Å². The number of aromatic carboxylic acids is 2. The van der Waals surface area contributed by atoms with E-state index in [2.05, 4.69) is 9.97 Å². The van der Waals surface area contributed by atoms with E-state index in [0.29, 0.717) is 5.82 Å². The van der Waals surface area contributed by atoms with Crippen LogP contribution in [0.4, 0.5) is 0 Å². The van der Waals surface area contributed by atoms with Gasteiger partial charge in [0, 0.05) is 18.0 Å². The molecule has 0 radical (unpaired) electrons. The molecule has 0 amide bonds. The lowest BCUT2D eigenvalue weighted by molar-refractivity contribution is 0.0652. The van der Waals surface area contributed by atoms with Crippen molar-refractivity contribution in [3.63, 3.8) is 0 Å². The van der Waals surface area contributed by atoms with Crippen LogP contribution in [0.25, 0.3) is 11.4 Å². The van der Waals surface area contributed by atoms with Gasteiger partial charge < -0.3 is 15.2 Å². The molecule has 6 heteroatoms. The second-order valence-corrected chi connectivity index (χ2v) is 3.28. The molecule has 0 aliphatic rings. The van der Waals surface area contributed by atoms with E-state index in [9.17, 15) is 9.59 Å². The molecule has 6 nitrogen and oxygen atoms in total. The Morgan fingerprint density at radius 1 is 1.18 bits per heavy atom. The first-order valence-corrected chi connectivity index (χ1v) is 4.70. The van der Waals surface area contributed by atoms with E-state index in [4.69, 9.17) is 10.2 Å². The third-order valence-corrected chi connectivity index (χ3v) is 2.26. The number of H-pyrrole nitrogens is 1. The summed E-state index contributed by atoms with van der Waals surface area (Å²) >= 11 is 0. The zero-order chi connectivity index (χ0) is 12.4. The van der Waals surface area contributed by atoms with Crippen LogP contribution in [0.1, 0.15) is 20.7 Å². The van der Waals surface area contributed by atoms with Crippen LogP contribution in [0.15, 0.2) is 30.6 Å². The highest BCUT2D eigenvalue weighted by Crippen LogP contribution is 2.23. The lowest BCUT2D eigenvalue weighted by Crippen LogP contribution is -2.10. The molecule has 3 N–H and O–H groups in total. The Kier molecular flexibility index (Phi) is 2.61. The van der Waals surface area contributed by atoms with E-state index in [1.165, 1.54) is 30.6 Å². The van der Waals surface area contributed by atoms with Crippen molar-refractivity contribution in [3.8, 4) is 11.4 Å². The van der Waals surface area contributed by atoms with Crippen LogP contribution in [0.2, 0.25) is 0 Å². The molecule has 0 saturated heterocycles. The number of carboxylic acid groups (broad SMARTS) is 2. The van der Waals surface area contributed by atoms with Gasteiger partial charge >= 0.3 is 11.9 Å². The van der Waals surface area contributed by atoms with E-state index < -0.39 is 11.9 Å². The topological polar surface area (TPSA) is 103 Å². The highest BCUT2D eigenvalue weighted by molar-refractivity contribution is 6.06. The third kappa shape index (κ3) is 1.87. The molecule has 2 rings (SSSR count). The highest BCUT2D eigenvalue weighted by atomic mass is 16.4. The van der Waals surface area contributed by atoms with E-state index in [1.54, 1.807) is 0 Å². The molecule has 1 aromatic heterocycles. The molecule has 0 fully saturated rings. The first-order valence-electron chi connectivity index (χ1n) is 4.70. The maximum atomic E-state index is 11.1. The number of benzene rings is 1. The Hall–Kier alpha value is -2.63. The molecule has 0 unspecified atom stereocenters. The summed E-state index contributed by atoms with van der Waals surface area (Å²) in [4.78, 5) is 28.8. The van der Waals surface area contributed by atoms with Crippen LogP contribution in [0, 0.1) is 0 Å². The number of aromatic amines is 1. The van der Waals surface area contributed by atoms with Gasteiger partial charge in [-0.25, -0.2) is 14.6 Å². The van der Waals surface area contributed by atoms with Gasteiger partial charge in [-0.15, -0.1) is 0 Å². The Bertz CT molecular complexity index is 575. The molecule has 0 atom stereocenters. The number of rotatable bonds is 3. The number of imidazole rings is 1. The predicted octanol–water partition coefficient (Wildman–Crippen LogP) is 1.47. The second kappa shape index (κ2) is 4.09. The van der Waals surface area contributed by atoms with Crippen molar-refractivity contribution in [1.82, 2.24) is 9.97 Å². The number of carbonyl (C=O) groups is 2. The molecule has 2 aromatic rings. The smallest absolute Gasteiger partial charge is 0.337 e. The Morgan fingerprint density at radius 3 is 2.47 bits per heavy atom. The standard InChI is InChI=1S/C11H8N2O4/c14-10(15)7-3-1-2-6(8(7)11(16)17)9-12-4-5-13-9/h1-5H,(H,12,13)(H,14,15)(H,16,17). The zero-order valence-corrected chi connectivity index (χ0v) is 8.54. The largest absolute Gasteiger partial charge is 0.478 e. The lowest BCUT2D eigenvalue weighted by Gasteiger charge is -2.06. The van der Waals surface area contributed by atoms with Crippen molar-refractivity contribution in [2.45, 2.75) is 0 Å². The first kappa shape index (κ1) is 10.9. The van der Waals surface area contributed by atoms with Crippen molar-refractivity contribution >= 4 is 11.9 Å². The molecule has 17 heavy (non-hydrogen) atoms. The van der Waals surface area contributed by atoms with E-state index in [1.807, 2.05) is 0 Å². The molecule has 1 heterocycles. The van der Waals surface area contributed by atoms with Crippen molar-refractivity contribution < 1.29 is 19.8 Å². The average molecular weight is 232 g/mol. The Morgan fingerprint density at radius 2 is 1.94 bits per heavy atom. The SMILES string of the molecule is O=C(O)c1cccc(-c2ncc[nH]2)c1C(=O)O. The minimum absolute atomic E-state index is 0.252. The third-order valence-electron chi connectivity index (χ3n) is 2.26. The minimum atomic E-state index is -1.30. The fourth-order valence-electron chi connectivity index (χ4n) is 1.57. The van der Waals surface area contributed by atoms with Crippen LogP contribution < -0.4 is 0 Å². The molecule has 0 aliphatic carbocycles. The molecule has 0 bridgehead atoms. The minimum Gasteiger partial charge on any atom is -0.478 e. The number of nitrogens with one attached hydrogen (secondary N) is 1. The first-order chi connectivity index (χ1) is 8.11. The maximum absolute atomic E-state index is 11.1. The van der Waals surface area contributed by atoms with Crippen LogP contribution in [0.5, 0.6) is 0 Å². The van der Waals surface area contributed by atoms with Gasteiger partial charge in [0.25, 0.3) is 0 Å². The molecule has 0 spiro atoms. The van der Waals surface area contributed by atoms with Crippen molar-refractivity contribution in [1.29, 1.82) is 0 Å². The molecular weight excluding hydrogens is 224 g/mol. The lowest BCUT2D eigenvalue weighted by atomic mass is 10.0. The molecule has 0 saturated carbocycles. The van der Waals surface area contributed by atoms with Gasteiger partial charge in [0.1, 0.15) is 5.82 Å². The van der Waals surface area contributed by atoms with E-state index >= 15 is 0 Å². The van der Waals surface area contributed by atoms with Gasteiger partial charge in [-0.3, -0.25) is 0 Å². The molecule has 1 aromatic carbocycles. The zero-order valence-electron chi connectivity index (χ0n) is 8.54. The quantitative estimate of drug-likeness (QED) is 0.743. The monoisotopic (exact) mass is 232 g/mol. The van der Waals surface area contributed by atoms with Gasteiger partial charge in [-0.2, -0.15) is 0 Å². The van der Waals surface area contributed by atoms with E-state index in [0.717, 1.165) is 0 Å². The summed E-state index contributed by atoms with van der Waals surface area (Å²) in [5.41, 5.74) is -0.274. The fraction of sp³-hybridized carbons (Fsp3) is 0. The second-order valence-electron chi connectivity index (χ2n) is 3.28. The number of hydrogen-bond donors (Lipinski definition) is 3. The van der Waals surface area contributed by atoms with Crippen molar-refractivity contribution in [2.75, 3.05) is 0 Å². The maximum Gasteiger partial charge on any atom is 0.337 e. The molecule has 86 valence electrons. The normalized spacial score (nSPS) is 10.1. The number of aromatic nitrogens is 2. The summed E-state index contributed by atoms with van der Waals surface area (Å²) in [6.45, 7) is 0. The molecule has 0 aliphatic heterocycles. The summed E-state index contributed by atoms with van der Waals surface area (Å²) in [5, 5.41) is 18.0. The summed E-state index contributed by atoms with van der Waals surface area (Å²) in [6.07, 6.45) is 3.00. The van der Waals surface area contributed by atoms with Crippen LogP contribution in [-0.2, 0) is 0 Å². The fourth-order valence-corrected chi connectivity index (χ4v) is 1.57.